The zero-order valence-electron chi connectivity index (χ0n) is 18.3. The molecule has 7 heteroatoms. The number of aliphatic hydroxyl groups is 1. The summed E-state index contributed by atoms with van der Waals surface area (Å²) in [6.45, 7) is 5.57. The number of esters is 1. The lowest BCUT2D eigenvalue weighted by Crippen LogP contribution is -2.30. The quantitative estimate of drug-likeness (QED) is 0.253. The second-order valence-electron chi connectivity index (χ2n) is 8.11. The zero-order valence-corrected chi connectivity index (χ0v) is 18.3. The van der Waals surface area contributed by atoms with Gasteiger partial charge in [0.2, 0.25) is 0 Å². The second-order valence-corrected chi connectivity index (χ2v) is 8.11. The minimum Gasteiger partial charge on any atom is -0.507 e. The van der Waals surface area contributed by atoms with Crippen LogP contribution in [-0.4, -0.2) is 40.3 Å². The van der Waals surface area contributed by atoms with Crippen LogP contribution in [-0.2, 0) is 20.8 Å². The summed E-state index contributed by atoms with van der Waals surface area (Å²) in [4.78, 5) is 38.5. The second kappa shape index (κ2) is 8.49. The highest BCUT2D eigenvalue weighted by molar-refractivity contribution is 6.46. The highest BCUT2D eigenvalue weighted by atomic mass is 16.5. The standard InChI is InChI=1S/C25H25NO6/c1-4-11-26-22(16-5-8-19(9-6-16)32-15(3)27)21(24(29)25(26)30)23(28)17-7-10-20-18(13-17)12-14(2)31-20/h5-10,13-14,22,28H,4,11-12H2,1-3H3/b23-21-. The summed E-state index contributed by atoms with van der Waals surface area (Å²) < 4.78 is 10.8. The van der Waals surface area contributed by atoms with E-state index in [1.165, 1.54) is 11.8 Å². The SMILES string of the molecule is CCCN1C(=O)C(=O)/C(=C(\O)c2ccc3c(c2)CC(C)O3)C1c1ccc(OC(C)=O)cc1. The van der Waals surface area contributed by atoms with Crippen molar-refractivity contribution in [1.29, 1.82) is 0 Å². The van der Waals surface area contributed by atoms with E-state index in [1.807, 2.05) is 19.9 Å². The van der Waals surface area contributed by atoms with Crippen LogP contribution in [0.25, 0.3) is 5.76 Å². The van der Waals surface area contributed by atoms with E-state index in [4.69, 9.17) is 9.47 Å². The van der Waals surface area contributed by atoms with Crippen LogP contribution in [0.1, 0.15) is 49.9 Å². The van der Waals surface area contributed by atoms with Crippen LogP contribution >= 0.6 is 0 Å². The first-order valence-corrected chi connectivity index (χ1v) is 10.7. The summed E-state index contributed by atoms with van der Waals surface area (Å²) in [7, 11) is 0. The Morgan fingerprint density at radius 2 is 1.91 bits per heavy atom. The number of carbonyl (C=O) groups excluding carboxylic acids is 3. The van der Waals surface area contributed by atoms with Crippen molar-refractivity contribution in [2.75, 3.05) is 6.54 Å². The minimum atomic E-state index is -0.732. The molecule has 1 N–H and O–H groups in total. The molecular weight excluding hydrogens is 410 g/mol. The van der Waals surface area contributed by atoms with Crippen LogP contribution in [0.2, 0.25) is 0 Å². The van der Waals surface area contributed by atoms with Gasteiger partial charge in [-0.2, -0.15) is 0 Å². The zero-order chi connectivity index (χ0) is 23.0. The van der Waals surface area contributed by atoms with Crippen LogP contribution in [0, 0.1) is 0 Å². The lowest BCUT2D eigenvalue weighted by atomic mass is 9.94. The van der Waals surface area contributed by atoms with Crippen molar-refractivity contribution in [3.63, 3.8) is 0 Å². The molecule has 0 aromatic heterocycles. The number of rotatable bonds is 5. The Hall–Kier alpha value is -3.61. The predicted molar refractivity (Wildman–Crippen MR) is 117 cm³/mol. The van der Waals surface area contributed by atoms with Crippen LogP contribution in [0.4, 0.5) is 0 Å². The topological polar surface area (TPSA) is 93.1 Å². The summed E-state index contributed by atoms with van der Waals surface area (Å²) >= 11 is 0. The van der Waals surface area contributed by atoms with E-state index >= 15 is 0 Å². The van der Waals surface area contributed by atoms with Gasteiger partial charge >= 0.3 is 5.97 Å². The molecule has 0 spiro atoms. The summed E-state index contributed by atoms with van der Waals surface area (Å²) in [5, 5.41) is 11.2. The number of hydrogen-bond acceptors (Lipinski definition) is 6. The van der Waals surface area contributed by atoms with E-state index in [0.29, 0.717) is 36.3 Å². The molecule has 1 fully saturated rings. The molecule has 2 atom stereocenters. The Labute approximate surface area is 186 Å². The van der Waals surface area contributed by atoms with Crippen molar-refractivity contribution >= 4 is 23.4 Å². The van der Waals surface area contributed by atoms with E-state index < -0.39 is 23.7 Å². The molecule has 0 aliphatic carbocycles. The highest BCUT2D eigenvalue weighted by Crippen LogP contribution is 2.41. The number of ether oxygens (including phenoxy) is 2. The van der Waals surface area contributed by atoms with Gasteiger partial charge in [0.1, 0.15) is 23.4 Å². The number of nitrogens with zero attached hydrogens (tertiary/aromatic N) is 1. The van der Waals surface area contributed by atoms with E-state index in [1.54, 1.807) is 36.4 Å². The van der Waals surface area contributed by atoms with Gasteiger partial charge in [0, 0.05) is 25.5 Å². The largest absolute Gasteiger partial charge is 0.507 e. The first-order chi connectivity index (χ1) is 15.3. The van der Waals surface area contributed by atoms with Crippen molar-refractivity contribution in [3.8, 4) is 11.5 Å². The molecule has 4 rings (SSSR count). The number of fused-ring (bicyclic) bond motifs is 1. The van der Waals surface area contributed by atoms with Gasteiger partial charge in [-0.1, -0.05) is 19.1 Å². The smallest absolute Gasteiger partial charge is 0.308 e. The van der Waals surface area contributed by atoms with Crippen molar-refractivity contribution < 1.29 is 29.0 Å². The maximum absolute atomic E-state index is 13.0. The van der Waals surface area contributed by atoms with Gasteiger partial charge in [-0.25, -0.2) is 0 Å². The third-order valence-electron chi connectivity index (χ3n) is 5.63. The van der Waals surface area contributed by atoms with Gasteiger partial charge in [-0.15, -0.1) is 0 Å². The molecule has 2 aliphatic rings. The molecule has 2 unspecified atom stereocenters. The van der Waals surface area contributed by atoms with E-state index in [0.717, 1.165) is 11.3 Å². The molecular formula is C25H25NO6. The monoisotopic (exact) mass is 435 g/mol. The molecule has 0 radical (unpaired) electrons. The Bertz CT molecular complexity index is 1120. The summed E-state index contributed by atoms with van der Waals surface area (Å²) in [6.07, 6.45) is 1.42. The molecule has 2 aliphatic heterocycles. The average Bonchev–Trinajstić information content (AvgIpc) is 3.25. The molecule has 7 nitrogen and oxygen atoms in total. The Kier molecular flexibility index (Phi) is 5.74. The minimum absolute atomic E-state index is 0.0493. The van der Waals surface area contributed by atoms with E-state index in [2.05, 4.69) is 0 Å². The van der Waals surface area contributed by atoms with E-state index in [9.17, 15) is 19.5 Å². The van der Waals surface area contributed by atoms with Crippen molar-refractivity contribution in [2.45, 2.75) is 45.8 Å². The molecule has 2 aromatic carbocycles. The van der Waals surface area contributed by atoms with Crippen molar-refractivity contribution in [3.05, 3.63) is 64.7 Å². The van der Waals surface area contributed by atoms with Gasteiger partial charge in [-0.05, 0) is 54.8 Å². The number of carbonyl (C=O) groups is 3. The third kappa shape index (κ3) is 3.86. The fourth-order valence-electron chi connectivity index (χ4n) is 4.31. The molecule has 2 aromatic rings. The fraction of sp³-hybridized carbons (Fsp3) is 0.320. The lowest BCUT2D eigenvalue weighted by molar-refractivity contribution is -0.139. The van der Waals surface area contributed by atoms with Crippen LogP contribution in [0.5, 0.6) is 11.5 Å². The maximum Gasteiger partial charge on any atom is 0.308 e. The normalized spacial score (nSPS) is 21.4. The molecule has 0 bridgehead atoms. The van der Waals surface area contributed by atoms with Gasteiger partial charge in [0.05, 0.1) is 11.6 Å². The first kappa shape index (κ1) is 21.6. The predicted octanol–water partition coefficient (Wildman–Crippen LogP) is 3.77. The molecule has 166 valence electrons. The maximum atomic E-state index is 13.0. The Balaban J connectivity index is 1.79. The van der Waals surface area contributed by atoms with Crippen LogP contribution in [0.15, 0.2) is 48.0 Å². The number of aliphatic hydroxyl groups excluding tert-OH is 1. The van der Waals surface area contributed by atoms with Gasteiger partial charge in [0.25, 0.3) is 11.7 Å². The van der Waals surface area contributed by atoms with Crippen LogP contribution in [0.3, 0.4) is 0 Å². The Morgan fingerprint density at radius 1 is 1.19 bits per heavy atom. The van der Waals surface area contributed by atoms with Gasteiger partial charge in [-0.3, -0.25) is 14.4 Å². The number of hydrogen-bond donors (Lipinski definition) is 1. The van der Waals surface area contributed by atoms with Crippen LogP contribution < -0.4 is 9.47 Å². The van der Waals surface area contributed by atoms with E-state index in [-0.39, 0.29) is 17.4 Å². The molecule has 0 saturated carbocycles. The molecule has 32 heavy (non-hydrogen) atoms. The fourth-order valence-corrected chi connectivity index (χ4v) is 4.31. The van der Waals surface area contributed by atoms with Gasteiger partial charge in [0.15, 0.2) is 0 Å². The number of amides is 1. The number of Topliss-reactive ketones (excluding diaryl/α,β-unsaturated/α-hetero) is 1. The molecule has 1 saturated heterocycles. The third-order valence-corrected chi connectivity index (χ3v) is 5.63. The lowest BCUT2D eigenvalue weighted by Gasteiger charge is -2.25. The first-order valence-electron chi connectivity index (χ1n) is 10.7. The highest BCUT2D eigenvalue weighted by Gasteiger charge is 2.45. The number of likely N-dealkylation sites (tertiary alicyclic amines) is 1. The molecule has 2 heterocycles. The number of ketones is 1. The average molecular weight is 435 g/mol. The van der Waals surface area contributed by atoms with Crippen molar-refractivity contribution in [1.82, 2.24) is 4.90 Å². The van der Waals surface area contributed by atoms with Gasteiger partial charge < -0.3 is 19.5 Å². The number of benzene rings is 2. The van der Waals surface area contributed by atoms with Crippen molar-refractivity contribution in [2.24, 2.45) is 0 Å². The summed E-state index contributed by atoms with van der Waals surface area (Å²) in [5.74, 6) is -0.877. The summed E-state index contributed by atoms with van der Waals surface area (Å²) in [6, 6.07) is 11.2. The molecule has 1 amide bonds. The summed E-state index contributed by atoms with van der Waals surface area (Å²) in [5.41, 5.74) is 2.12. The Morgan fingerprint density at radius 3 is 2.56 bits per heavy atom.